The average Bonchev–Trinajstić information content (AvgIpc) is 2.48. The molecule has 0 aliphatic carbocycles. The summed E-state index contributed by atoms with van der Waals surface area (Å²) in [5, 5.41) is 5.07. The summed E-state index contributed by atoms with van der Waals surface area (Å²) >= 11 is 0. The fourth-order valence-electron chi connectivity index (χ4n) is 1.83. The van der Waals surface area contributed by atoms with Crippen LogP contribution in [-0.4, -0.2) is 35.7 Å². The lowest BCUT2D eigenvalue weighted by atomic mass is 10.1. The first-order valence-corrected chi connectivity index (χ1v) is 8.41. The van der Waals surface area contributed by atoms with E-state index >= 15 is 0 Å². The highest BCUT2D eigenvalue weighted by molar-refractivity contribution is 5.89. The van der Waals surface area contributed by atoms with E-state index in [-0.39, 0.29) is 19.0 Å². The Bertz CT molecular complexity index is 639. The molecule has 0 radical (unpaired) electrons. The van der Waals surface area contributed by atoms with E-state index in [9.17, 15) is 14.4 Å². The minimum Gasteiger partial charge on any atom is -0.456 e. The lowest BCUT2D eigenvalue weighted by Crippen LogP contribution is -2.39. The molecule has 1 aromatic rings. The molecule has 26 heavy (non-hydrogen) atoms. The average molecular weight is 364 g/mol. The molecule has 0 heterocycles. The number of hydrogen-bond donors (Lipinski definition) is 2. The lowest BCUT2D eigenvalue weighted by molar-refractivity contribution is -0.120. The zero-order chi connectivity index (χ0) is 20.0. The van der Waals surface area contributed by atoms with Crippen LogP contribution in [0.15, 0.2) is 24.3 Å². The van der Waals surface area contributed by atoms with Crippen molar-refractivity contribution in [3.8, 4) is 0 Å². The number of benzene rings is 1. The second-order valence-corrected chi connectivity index (χ2v) is 7.83. The maximum Gasteiger partial charge on any atom is 0.408 e. The molecule has 1 rings (SSSR count). The fraction of sp³-hybridized carbons (Fsp3) is 0.526. The fourth-order valence-corrected chi connectivity index (χ4v) is 1.83. The Morgan fingerprint density at radius 3 is 1.88 bits per heavy atom. The summed E-state index contributed by atoms with van der Waals surface area (Å²) in [4.78, 5) is 35.2. The number of hydrogen-bond acceptors (Lipinski definition) is 5. The van der Waals surface area contributed by atoms with E-state index in [0.717, 1.165) is 5.56 Å². The van der Waals surface area contributed by atoms with Crippen molar-refractivity contribution in [2.45, 2.75) is 59.3 Å². The van der Waals surface area contributed by atoms with Crippen LogP contribution >= 0.6 is 0 Å². The van der Waals surface area contributed by atoms with Crippen LogP contribution in [-0.2, 0) is 20.8 Å². The summed E-state index contributed by atoms with van der Waals surface area (Å²) < 4.78 is 10.3. The molecule has 0 saturated heterocycles. The van der Waals surface area contributed by atoms with Gasteiger partial charge < -0.3 is 20.1 Å². The van der Waals surface area contributed by atoms with Crippen LogP contribution in [0.5, 0.6) is 0 Å². The first-order chi connectivity index (χ1) is 11.9. The molecule has 7 heteroatoms. The van der Waals surface area contributed by atoms with E-state index in [1.165, 1.54) is 0 Å². The van der Waals surface area contributed by atoms with Crippen molar-refractivity contribution in [3.05, 3.63) is 35.4 Å². The topological polar surface area (TPSA) is 93.7 Å². The molecule has 7 nitrogen and oxygen atoms in total. The number of esters is 1. The van der Waals surface area contributed by atoms with Gasteiger partial charge in [-0.3, -0.25) is 4.79 Å². The van der Waals surface area contributed by atoms with Gasteiger partial charge in [-0.05, 0) is 59.2 Å². The van der Waals surface area contributed by atoms with Gasteiger partial charge in [-0.1, -0.05) is 12.1 Å². The van der Waals surface area contributed by atoms with Crippen LogP contribution in [0.2, 0.25) is 0 Å². The lowest BCUT2D eigenvalue weighted by Gasteiger charge is -2.19. The van der Waals surface area contributed by atoms with Crippen molar-refractivity contribution >= 4 is 18.0 Å². The highest BCUT2D eigenvalue weighted by Crippen LogP contribution is 2.13. The molecule has 0 aliphatic rings. The van der Waals surface area contributed by atoms with E-state index < -0.39 is 23.3 Å². The van der Waals surface area contributed by atoms with Crippen LogP contribution in [0, 0.1) is 0 Å². The van der Waals surface area contributed by atoms with Gasteiger partial charge in [0.2, 0.25) is 5.91 Å². The molecule has 0 saturated carbocycles. The van der Waals surface area contributed by atoms with Gasteiger partial charge in [0, 0.05) is 6.54 Å². The normalized spacial score (nSPS) is 11.5. The van der Waals surface area contributed by atoms with Crippen molar-refractivity contribution in [1.29, 1.82) is 0 Å². The number of nitrogens with one attached hydrogen (secondary N) is 2. The van der Waals surface area contributed by atoms with Crippen LogP contribution in [0.3, 0.4) is 0 Å². The quantitative estimate of drug-likeness (QED) is 0.784. The highest BCUT2D eigenvalue weighted by atomic mass is 16.6. The molecule has 0 bridgehead atoms. The number of carbonyl (C=O) groups is 3. The minimum absolute atomic E-state index is 0.176. The molecule has 2 N–H and O–H groups in total. The molecule has 0 atom stereocenters. The van der Waals surface area contributed by atoms with Crippen molar-refractivity contribution < 1.29 is 23.9 Å². The Morgan fingerprint density at radius 1 is 0.846 bits per heavy atom. The molecular formula is C19H28N2O5. The number of alkyl carbamates (subject to hydrolysis) is 1. The van der Waals surface area contributed by atoms with Gasteiger partial charge in [-0.25, -0.2) is 9.59 Å². The van der Waals surface area contributed by atoms with Gasteiger partial charge >= 0.3 is 12.1 Å². The molecule has 0 spiro atoms. The standard InChI is InChI=1S/C19H28N2O5/c1-18(2,3)25-16(23)14-9-7-13(8-10-14)11-20-15(22)12-21-17(24)26-19(4,5)6/h7-10H,11-12H2,1-6H3,(H,20,22)(H,21,24). The number of amides is 2. The first-order valence-electron chi connectivity index (χ1n) is 8.41. The zero-order valence-corrected chi connectivity index (χ0v) is 16.3. The molecule has 0 fully saturated rings. The minimum atomic E-state index is -0.644. The second-order valence-electron chi connectivity index (χ2n) is 7.83. The van der Waals surface area contributed by atoms with Gasteiger partial charge in [-0.2, -0.15) is 0 Å². The second kappa shape index (κ2) is 8.69. The van der Waals surface area contributed by atoms with Gasteiger partial charge in [-0.15, -0.1) is 0 Å². The molecule has 0 unspecified atom stereocenters. The highest BCUT2D eigenvalue weighted by Gasteiger charge is 2.18. The maximum absolute atomic E-state index is 11.9. The van der Waals surface area contributed by atoms with E-state index in [1.54, 1.807) is 65.8 Å². The summed E-state index contributed by atoms with van der Waals surface area (Å²) in [7, 11) is 0. The Kier molecular flexibility index (Phi) is 7.18. The van der Waals surface area contributed by atoms with Crippen LogP contribution in [0.1, 0.15) is 57.5 Å². The molecular weight excluding hydrogens is 336 g/mol. The molecule has 2 amide bonds. The molecule has 0 aliphatic heterocycles. The Morgan fingerprint density at radius 2 is 1.38 bits per heavy atom. The third-order valence-corrected chi connectivity index (χ3v) is 2.87. The van der Waals surface area contributed by atoms with Gasteiger partial charge in [0.1, 0.15) is 17.7 Å². The molecule has 144 valence electrons. The summed E-state index contributed by atoms with van der Waals surface area (Å²) in [6.45, 7) is 10.8. The van der Waals surface area contributed by atoms with Crippen molar-refractivity contribution in [1.82, 2.24) is 10.6 Å². The third kappa shape index (κ3) is 9.05. The first kappa shape index (κ1) is 21.5. The van der Waals surface area contributed by atoms with Gasteiger partial charge in [0.15, 0.2) is 0 Å². The monoisotopic (exact) mass is 364 g/mol. The van der Waals surface area contributed by atoms with E-state index in [0.29, 0.717) is 5.56 Å². The number of rotatable bonds is 5. The van der Waals surface area contributed by atoms with Crippen molar-refractivity contribution in [2.75, 3.05) is 6.54 Å². The summed E-state index contributed by atoms with van der Waals surface area (Å²) in [5.41, 5.74) is 0.103. The summed E-state index contributed by atoms with van der Waals surface area (Å²) in [5.74, 6) is -0.735. The SMILES string of the molecule is CC(C)(C)OC(=O)NCC(=O)NCc1ccc(C(=O)OC(C)(C)C)cc1. The van der Waals surface area contributed by atoms with Crippen LogP contribution < -0.4 is 10.6 Å². The van der Waals surface area contributed by atoms with Crippen LogP contribution in [0.4, 0.5) is 4.79 Å². The third-order valence-electron chi connectivity index (χ3n) is 2.87. The van der Waals surface area contributed by atoms with E-state index in [1.807, 2.05) is 0 Å². The van der Waals surface area contributed by atoms with Crippen LogP contribution in [0.25, 0.3) is 0 Å². The molecule has 1 aromatic carbocycles. The predicted molar refractivity (Wildman–Crippen MR) is 97.7 cm³/mol. The van der Waals surface area contributed by atoms with E-state index in [4.69, 9.17) is 9.47 Å². The Balaban J connectivity index is 2.42. The largest absolute Gasteiger partial charge is 0.456 e. The zero-order valence-electron chi connectivity index (χ0n) is 16.3. The summed E-state index contributed by atoms with van der Waals surface area (Å²) in [6, 6.07) is 6.77. The van der Waals surface area contributed by atoms with Gasteiger partial charge in [0.25, 0.3) is 0 Å². The Labute approximate surface area is 154 Å². The molecule has 0 aromatic heterocycles. The number of ether oxygens (including phenoxy) is 2. The maximum atomic E-state index is 11.9. The predicted octanol–water partition coefficient (Wildman–Crippen LogP) is 2.78. The van der Waals surface area contributed by atoms with Crippen molar-refractivity contribution in [2.24, 2.45) is 0 Å². The number of carbonyl (C=O) groups excluding carboxylic acids is 3. The summed E-state index contributed by atoms with van der Waals surface area (Å²) in [6.07, 6.45) is -0.644. The van der Waals surface area contributed by atoms with Gasteiger partial charge in [0.05, 0.1) is 5.56 Å². The Hall–Kier alpha value is -2.57. The van der Waals surface area contributed by atoms with Crippen molar-refractivity contribution in [3.63, 3.8) is 0 Å². The van der Waals surface area contributed by atoms with E-state index in [2.05, 4.69) is 10.6 Å². The smallest absolute Gasteiger partial charge is 0.408 e.